The molecule has 0 aliphatic carbocycles. The van der Waals surface area contributed by atoms with Gasteiger partial charge in [-0.05, 0) is 37.6 Å². The molecule has 1 aromatic carbocycles. The Hall–Kier alpha value is -2.08. The van der Waals surface area contributed by atoms with Crippen molar-refractivity contribution in [2.24, 2.45) is 5.73 Å². The highest BCUT2D eigenvalue weighted by atomic mass is 16.5. The Morgan fingerprint density at radius 1 is 1.32 bits per heavy atom. The average molecular weight is 265 g/mol. The van der Waals surface area contributed by atoms with Crippen molar-refractivity contribution >= 4 is 17.5 Å². The van der Waals surface area contributed by atoms with Gasteiger partial charge in [0.15, 0.2) is 0 Å². The van der Waals surface area contributed by atoms with Crippen LogP contribution in [0.3, 0.4) is 0 Å². The van der Waals surface area contributed by atoms with Gasteiger partial charge in [0, 0.05) is 5.69 Å². The summed E-state index contributed by atoms with van der Waals surface area (Å²) >= 11 is 0. The Kier molecular flexibility index (Phi) is 5.81. The second-order valence-electron chi connectivity index (χ2n) is 3.94. The van der Waals surface area contributed by atoms with Crippen LogP contribution >= 0.6 is 0 Å². The van der Waals surface area contributed by atoms with Gasteiger partial charge in [0.1, 0.15) is 5.75 Å². The number of nitrogens with one attached hydrogen (secondary N) is 2. The van der Waals surface area contributed by atoms with Gasteiger partial charge in [-0.25, -0.2) is 0 Å². The molecule has 0 heterocycles. The number of carbonyl (C=O) groups is 2. The third kappa shape index (κ3) is 4.97. The molecule has 1 rings (SSSR count). The van der Waals surface area contributed by atoms with Crippen molar-refractivity contribution in [2.75, 3.05) is 25.0 Å². The minimum Gasteiger partial charge on any atom is -0.494 e. The monoisotopic (exact) mass is 265 g/mol. The highest BCUT2D eigenvalue weighted by Gasteiger charge is 2.07. The van der Waals surface area contributed by atoms with Crippen molar-refractivity contribution in [1.82, 2.24) is 5.32 Å². The summed E-state index contributed by atoms with van der Waals surface area (Å²) in [4.78, 5) is 22.5. The summed E-state index contributed by atoms with van der Waals surface area (Å²) in [5.74, 6) is 0.0991. The van der Waals surface area contributed by atoms with Crippen LogP contribution in [-0.4, -0.2) is 31.5 Å². The maximum atomic E-state index is 11.6. The van der Waals surface area contributed by atoms with Crippen LogP contribution in [0.5, 0.6) is 5.75 Å². The fourth-order valence-corrected chi connectivity index (χ4v) is 1.48. The number of carbonyl (C=O) groups excluding carboxylic acids is 2. The van der Waals surface area contributed by atoms with Gasteiger partial charge in [0.2, 0.25) is 11.8 Å². The van der Waals surface area contributed by atoms with E-state index in [1.54, 1.807) is 12.1 Å². The minimum atomic E-state index is -0.362. The Morgan fingerprint density at radius 2 is 2.05 bits per heavy atom. The van der Waals surface area contributed by atoms with Gasteiger partial charge in [0.25, 0.3) is 0 Å². The van der Waals surface area contributed by atoms with Crippen LogP contribution in [0.4, 0.5) is 5.69 Å². The zero-order valence-corrected chi connectivity index (χ0v) is 11.2. The summed E-state index contributed by atoms with van der Waals surface area (Å²) in [6.45, 7) is 4.15. The van der Waals surface area contributed by atoms with E-state index in [2.05, 4.69) is 10.6 Å². The third-order valence-electron chi connectivity index (χ3n) is 2.41. The summed E-state index contributed by atoms with van der Waals surface area (Å²) in [7, 11) is 0. The van der Waals surface area contributed by atoms with E-state index < -0.39 is 0 Å². The number of hydrogen-bond acceptors (Lipinski definition) is 4. The zero-order valence-electron chi connectivity index (χ0n) is 11.2. The maximum Gasteiger partial charge on any atom is 0.243 e. The largest absolute Gasteiger partial charge is 0.494 e. The normalized spacial score (nSPS) is 9.84. The van der Waals surface area contributed by atoms with Gasteiger partial charge >= 0.3 is 0 Å². The molecule has 2 amide bonds. The van der Waals surface area contributed by atoms with Gasteiger partial charge in [-0.1, -0.05) is 0 Å². The molecule has 0 radical (unpaired) electrons. The summed E-state index contributed by atoms with van der Waals surface area (Å²) < 4.78 is 5.36. The second-order valence-corrected chi connectivity index (χ2v) is 3.94. The zero-order chi connectivity index (χ0) is 14.3. The Morgan fingerprint density at radius 3 is 2.63 bits per heavy atom. The average Bonchev–Trinajstić information content (AvgIpc) is 2.39. The molecular weight excluding hydrogens is 246 g/mol. The van der Waals surface area contributed by atoms with E-state index in [4.69, 9.17) is 10.5 Å². The van der Waals surface area contributed by atoms with Gasteiger partial charge in [0.05, 0.1) is 19.7 Å². The molecule has 19 heavy (non-hydrogen) atoms. The Bertz CT molecular complexity index is 460. The van der Waals surface area contributed by atoms with Crippen LogP contribution in [0.2, 0.25) is 0 Å². The first kappa shape index (κ1) is 15.0. The molecular formula is C13H19N3O3. The molecule has 0 spiro atoms. The summed E-state index contributed by atoms with van der Waals surface area (Å²) in [5.41, 5.74) is 6.71. The van der Waals surface area contributed by atoms with Crippen molar-refractivity contribution in [3.8, 4) is 5.75 Å². The number of aryl methyl sites for hydroxylation is 1. The highest BCUT2D eigenvalue weighted by molar-refractivity contribution is 5.95. The lowest BCUT2D eigenvalue weighted by atomic mass is 10.2. The van der Waals surface area contributed by atoms with E-state index in [1.807, 2.05) is 19.9 Å². The molecule has 0 saturated heterocycles. The topological polar surface area (TPSA) is 93.5 Å². The molecule has 6 nitrogen and oxygen atoms in total. The SMILES string of the molecule is CCOc1ccc(NC(=O)CNC(=O)CN)c(C)c1. The number of anilines is 1. The maximum absolute atomic E-state index is 11.6. The quantitative estimate of drug-likeness (QED) is 0.694. The molecule has 0 aliphatic rings. The molecule has 104 valence electrons. The van der Waals surface area contributed by atoms with Crippen LogP contribution in [0.25, 0.3) is 0 Å². The van der Waals surface area contributed by atoms with E-state index in [0.717, 1.165) is 11.3 Å². The predicted octanol–water partition coefficient (Wildman–Crippen LogP) is 0.407. The number of nitrogens with two attached hydrogens (primary N) is 1. The first-order valence-corrected chi connectivity index (χ1v) is 6.07. The van der Waals surface area contributed by atoms with E-state index in [0.29, 0.717) is 12.3 Å². The van der Waals surface area contributed by atoms with Crippen molar-refractivity contribution in [3.05, 3.63) is 23.8 Å². The first-order chi connectivity index (χ1) is 9.06. The predicted molar refractivity (Wildman–Crippen MR) is 73.0 cm³/mol. The molecule has 0 aliphatic heterocycles. The number of ether oxygens (including phenoxy) is 1. The molecule has 0 fully saturated rings. The van der Waals surface area contributed by atoms with Crippen molar-refractivity contribution in [2.45, 2.75) is 13.8 Å². The van der Waals surface area contributed by atoms with Gasteiger partial charge in [-0.3, -0.25) is 9.59 Å². The third-order valence-corrected chi connectivity index (χ3v) is 2.41. The number of amides is 2. The van der Waals surface area contributed by atoms with Crippen LogP contribution in [0, 0.1) is 6.92 Å². The molecule has 4 N–H and O–H groups in total. The molecule has 0 unspecified atom stereocenters. The Balaban J connectivity index is 2.57. The van der Waals surface area contributed by atoms with Gasteiger partial charge in [-0.15, -0.1) is 0 Å². The minimum absolute atomic E-state index is 0.0946. The molecule has 0 aromatic heterocycles. The molecule has 6 heteroatoms. The van der Waals surface area contributed by atoms with E-state index in [1.165, 1.54) is 0 Å². The highest BCUT2D eigenvalue weighted by Crippen LogP contribution is 2.21. The van der Waals surface area contributed by atoms with Crippen LogP contribution in [0.1, 0.15) is 12.5 Å². The van der Waals surface area contributed by atoms with Crippen molar-refractivity contribution in [1.29, 1.82) is 0 Å². The van der Waals surface area contributed by atoms with Crippen LogP contribution < -0.4 is 21.1 Å². The number of hydrogen-bond donors (Lipinski definition) is 3. The van der Waals surface area contributed by atoms with Crippen LogP contribution in [0.15, 0.2) is 18.2 Å². The van der Waals surface area contributed by atoms with Crippen LogP contribution in [-0.2, 0) is 9.59 Å². The van der Waals surface area contributed by atoms with E-state index >= 15 is 0 Å². The fraction of sp³-hybridized carbons (Fsp3) is 0.385. The lowest BCUT2D eigenvalue weighted by molar-refractivity contribution is -0.123. The lowest BCUT2D eigenvalue weighted by Gasteiger charge is -2.11. The first-order valence-electron chi connectivity index (χ1n) is 6.07. The smallest absolute Gasteiger partial charge is 0.243 e. The van der Waals surface area contributed by atoms with Gasteiger partial charge < -0.3 is 21.1 Å². The lowest BCUT2D eigenvalue weighted by Crippen LogP contribution is -2.36. The summed E-state index contributed by atoms with van der Waals surface area (Å²) in [6.07, 6.45) is 0. The van der Waals surface area contributed by atoms with E-state index in [9.17, 15) is 9.59 Å². The molecule has 0 saturated carbocycles. The summed E-state index contributed by atoms with van der Waals surface area (Å²) in [6, 6.07) is 5.39. The molecule has 0 atom stereocenters. The Labute approximate surface area is 112 Å². The standard InChI is InChI=1S/C13H19N3O3/c1-3-19-10-4-5-11(9(2)6-10)16-13(18)8-15-12(17)7-14/h4-6H,3,7-8,14H2,1-2H3,(H,15,17)(H,16,18). The molecule has 0 bridgehead atoms. The van der Waals surface area contributed by atoms with Gasteiger partial charge in [-0.2, -0.15) is 0 Å². The van der Waals surface area contributed by atoms with Crippen molar-refractivity contribution in [3.63, 3.8) is 0 Å². The number of rotatable bonds is 6. The molecule has 1 aromatic rings. The fourth-order valence-electron chi connectivity index (χ4n) is 1.48. The summed E-state index contributed by atoms with van der Waals surface area (Å²) in [5, 5.41) is 5.11. The van der Waals surface area contributed by atoms with Crippen molar-refractivity contribution < 1.29 is 14.3 Å². The number of benzene rings is 1. The second kappa shape index (κ2) is 7.38. The van der Waals surface area contributed by atoms with E-state index in [-0.39, 0.29) is 24.9 Å².